The van der Waals surface area contributed by atoms with Crippen molar-refractivity contribution in [1.29, 1.82) is 0 Å². The molecule has 2 aromatic carbocycles. The van der Waals surface area contributed by atoms with Crippen molar-refractivity contribution in [1.82, 2.24) is 9.62 Å². The molecule has 1 N–H and O–H groups in total. The van der Waals surface area contributed by atoms with Gasteiger partial charge in [0, 0.05) is 24.7 Å². The van der Waals surface area contributed by atoms with Gasteiger partial charge in [-0.2, -0.15) is 0 Å². The summed E-state index contributed by atoms with van der Waals surface area (Å²) < 4.78 is 27.7. The molecule has 0 aliphatic carbocycles. The van der Waals surface area contributed by atoms with E-state index in [9.17, 15) is 8.42 Å². The standard InChI is InChI=1S/C20H25ClN2O2S/c1-16-8-10-19(11-9-16)26(24,25)22-13-17-5-4-12-23(14-17)15-18-6-2-3-7-20(18)21/h2-3,6-11,17,22H,4-5,12-15H2,1H3. The smallest absolute Gasteiger partial charge is 0.240 e. The molecule has 4 nitrogen and oxygen atoms in total. The van der Waals surface area contributed by atoms with Crippen molar-refractivity contribution in [3.63, 3.8) is 0 Å². The summed E-state index contributed by atoms with van der Waals surface area (Å²) in [5.74, 6) is 0.312. The van der Waals surface area contributed by atoms with Crippen molar-refractivity contribution in [3.8, 4) is 0 Å². The molecule has 0 bridgehead atoms. The first-order valence-corrected chi connectivity index (χ1v) is 10.8. The Morgan fingerprint density at radius 1 is 1.15 bits per heavy atom. The van der Waals surface area contributed by atoms with E-state index >= 15 is 0 Å². The lowest BCUT2D eigenvalue weighted by atomic mass is 9.98. The average molecular weight is 393 g/mol. The molecule has 140 valence electrons. The van der Waals surface area contributed by atoms with Gasteiger partial charge >= 0.3 is 0 Å². The monoisotopic (exact) mass is 392 g/mol. The van der Waals surface area contributed by atoms with E-state index in [1.165, 1.54) is 0 Å². The van der Waals surface area contributed by atoms with Crippen LogP contribution < -0.4 is 4.72 Å². The molecule has 0 saturated carbocycles. The Balaban J connectivity index is 1.56. The van der Waals surface area contributed by atoms with E-state index in [0.29, 0.717) is 17.4 Å². The van der Waals surface area contributed by atoms with Gasteiger partial charge in [0.05, 0.1) is 4.90 Å². The quantitative estimate of drug-likeness (QED) is 0.812. The van der Waals surface area contributed by atoms with Gasteiger partial charge in [0.2, 0.25) is 10.0 Å². The highest BCUT2D eigenvalue weighted by Gasteiger charge is 2.23. The van der Waals surface area contributed by atoms with Crippen molar-refractivity contribution in [3.05, 3.63) is 64.7 Å². The molecule has 0 amide bonds. The van der Waals surface area contributed by atoms with Crippen LogP contribution in [0.4, 0.5) is 0 Å². The molecule has 1 atom stereocenters. The van der Waals surface area contributed by atoms with E-state index in [1.54, 1.807) is 12.1 Å². The van der Waals surface area contributed by atoms with Crippen LogP contribution in [0.1, 0.15) is 24.0 Å². The molecular weight excluding hydrogens is 368 g/mol. The third-order valence-electron chi connectivity index (χ3n) is 4.85. The van der Waals surface area contributed by atoms with Crippen LogP contribution in [-0.4, -0.2) is 33.0 Å². The summed E-state index contributed by atoms with van der Waals surface area (Å²) in [5, 5.41) is 0.787. The normalized spacial score (nSPS) is 18.8. The van der Waals surface area contributed by atoms with E-state index in [4.69, 9.17) is 11.6 Å². The molecule has 1 aliphatic heterocycles. The highest BCUT2D eigenvalue weighted by atomic mass is 35.5. The number of nitrogens with one attached hydrogen (secondary N) is 1. The van der Waals surface area contributed by atoms with Gasteiger partial charge in [-0.3, -0.25) is 4.90 Å². The molecule has 6 heteroatoms. The van der Waals surface area contributed by atoms with E-state index in [-0.39, 0.29) is 0 Å². The maximum absolute atomic E-state index is 12.5. The van der Waals surface area contributed by atoms with Crippen LogP contribution in [0.15, 0.2) is 53.4 Å². The van der Waals surface area contributed by atoms with Crippen molar-refractivity contribution >= 4 is 21.6 Å². The minimum absolute atomic E-state index is 0.312. The molecule has 1 aliphatic rings. The molecule has 3 rings (SSSR count). The lowest BCUT2D eigenvalue weighted by Crippen LogP contribution is -2.40. The van der Waals surface area contributed by atoms with E-state index in [1.807, 2.05) is 43.3 Å². The van der Waals surface area contributed by atoms with Gasteiger partial charge in [0.15, 0.2) is 0 Å². The molecule has 0 spiro atoms. The highest BCUT2D eigenvalue weighted by molar-refractivity contribution is 7.89. The lowest BCUT2D eigenvalue weighted by Gasteiger charge is -2.33. The molecule has 1 unspecified atom stereocenters. The van der Waals surface area contributed by atoms with Crippen molar-refractivity contribution in [2.24, 2.45) is 5.92 Å². The lowest BCUT2D eigenvalue weighted by molar-refractivity contribution is 0.169. The number of benzene rings is 2. The van der Waals surface area contributed by atoms with Gasteiger partial charge in [0.1, 0.15) is 0 Å². The zero-order chi connectivity index (χ0) is 18.6. The van der Waals surface area contributed by atoms with Crippen LogP contribution in [0.3, 0.4) is 0 Å². The maximum Gasteiger partial charge on any atom is 0.240 e. The van der Waals surface area contributed by atoms with Gasteiger partial charge in [0.25, 0.3) is 0 Å². The fourth-order valence-electron chi connectivity index (χ4n) is 3.36. The number of rotatable bonds is 6. The highest BCUT2D eigenvalue weighted by Crippen LogP contribution is 2.22. The van der Waals surface area contributed by atoms with Crippen LogP contribution >= 0.6 is 11.6 Å². The molecule has 1 heterocycles. The summed E-state index contributed by atoms with van der Waals surface area (Å²) >= 11 is 6.26. The maximum atomic E-state index is 12.5. The second-order valence-corrected chi connectivity index (χ2v) is 9.17. The molecule has 2 aromatic rings. The van der Waals surface area contributed by atoms with E-state index in [0.717, 1.165) is 48.6 Å². The minimum atomic E-state index is -3.45. The van der Waals surface area contributed by atoms with Crippen molar-refractivity contribution < 1.29 is 8.42 Å². The molecule has 0 aromatic heterocycles. The van der Waals surface area contributed by atoms with Gasteiger partial charge in [-0.25, -0.2) is 13.1 Å². The first kappa shape index (κ1) is 19.4. The first-order chi connectivity index (χ1) is 12.4. The molecule has 26 heavy (non-hydrogen) atoms. The summed E-state index contributed by atoms with van der Waals surface area (Å²) in [7, 11) is -3.45. The number of aryl methyl sites for hydroxylation is 1. The number of likely N-dealkylation sites (tertiary alicyclic amines) is 1. The van der Waals surface area contributed by atoms with Crippen LogP contribution in [-0.2, 0) is 16.6 Å². The Kier molecular flexibility index (Phi) is 6.35. The number of hydrogen-bond acceptors (Lipinski definition) is 3. The van der Waals surface area contributed by atoms with Gasteiger partial charge in [-0.05, 0) is 56.0 Å². The summed E-state index contributed by atoms with van der Waals surface area (Å²) in [5.41, 5.74) is 2.17. The SMILES string of the molecule is Cc1ccc(S(=O)(=O)NCC2CCCN(Cc3ccccc3Cl)C2)cc1. The summed E-state index contributed by atoms with van der Waals surface area (Å²) in [4.78, 5) is 2.68. The Morgan fingerprint density at radius 3 is 2.62 bits per heavy atom. The second kappa shape index (κ2) is 8.53. The third-order valence-corrected chi connectivity index (χ3v) is 6.66. The van der Waals surface area contributed by atoms with Gasteiger partial charge in [-0.1, -0.05) is 47.5 Å². The largest absolute Gasteiger partial charge is 0.299 e. The van der Waals surface area contributed by atoms with Gasteiger partial charge in [-0.15, -0.1) is 0 Å². The fraction of sp³-hybridized carbons (Fsp3) is 0.400. The predicted octanol–water partition coefficient (Wildman–Crippen LogP) is 3.84. The average Bonchev–Trinajstić information content (AvgIpc) is 2.63. The third kappa shape index (κ3) is 5.07. The molecule has 1 fully saturated rings. The van der Waals surface area contributed by atoms with E-state index in [2.05, 4.69) is 9.62 Å². The Labute approximate surface area is 161 Å². The number of piperidine rings is 1. The zero-order valence-corrected chi connectivity index (χ0v) is 16.6. The minimum Gasteiger partial charge on any atom is -0.299 e. The van der Waals surface area contributed by atoms with Crippen LogP contribution in [0.5, 0.6) is 0 Å². The number of halogens is 1. The van der Waals surface area contributed by atoms with E-state index < -0.39 is 10.0 Å². The van der Waals surface area contributed by atoms with Crippen molar-refractivity contribution in [2.75, 3.05) is 19.6 Å². The number of hydrogen-bond donors (Lipinski definition) is 1. The molecule has 0 radical (unpaired) electrons. The molecule has 1 saturated heterocycles. The van der Waals surface area contributed by atoms with Crippen LogP contribution in [0.2, 0.25) is 5.02 Å². The Hall–Kier alpha value is -1.40. The summed E-state index contributed by atoms with van der Waals surface area (Å²) in [6.07, 6.45) is 2.11. The van der Waals surface area contributed by atoms with Crippen LogP contribution in [0.25, 0.3) is 0 Å². The van der Waals surface area contributed by atoms with Crippen molar-refractivity contribution in [2.45, 2.75) is 31.2 Å². The fourth-order valence-corrected chi connectivity index (χ4v) is 4.67. The van der Waals surface area contributed by atoms with Crippen LogP contribution in [0, 0.1) is 12.8 Å². The number of nitrogens with zero attached hydrogens (tertiary/aromatic N) is 1. The number of sulfonamides is 1. The predicted molar refractivity (Wildman–Crippen MR) is 106 cm³/mol. The Morgan fingerprint density at radius 2 is 1.88 bits per heavy atom. The van der Waals surface area contributed by atoms with Gasteiger partial charge < -0.3 is 0 Å². The molecular formula is C20H25ClN2O2S. The topological polar surface area (TPSA) is 49.4 Å². The zero-order valence-electron chi connectivity index (χ0n) is 15.0. The summed E-state index contributed by atoms with van der Waals surface area (Å²) in [6, 6.07) is 14.8. The Bertz CT molecular complexity index is 837. The first-order valence-electron chi connectivity index (χ1n) is 8.96. The second-order valence-electron chi connectivity index (χ2n) is 7.00. The summed E-state index contributed by atoms with van der Waals surface area (Å²) in [6.45, 7) is 5.11.